The Kier molecular flexibility index (Phi) is 7.81. The van der Waals surface area contributed by atoms with Crippen LogP contribution in [0.25, 0.3) is 71.9 Å². The molecule has 10 aromatic rings. The minimum absolute atomic E-state index is 0.909. The molecule has 0 saturated heterocycles. The SMILES string of the molecule is c1ccc(-c2ccc(-n3c(-c4ccc(N(c5ccccc5)c5ccc(-c6ccc7ccccc7c6)cc5)cc4)nc4ccc5ccccc5c43)cc2)cc1. The van der Waals surface area contributed by atoms with Crippen LogP contribution < -0.4 is 4.90 Å². The summed E-state index contributed by atoms with van der Waals surface area (Å²) in [6, 6.07) is 75.7. The molecule has 0 aliphatic carbocycles. The largest absolute Gasteiger partial charge is 0.311 e. The van der Waals surface area contributed by atoms with Gasteiger partial charge in [0.1, 0.15) is 5.82 Å². The van der Waals surface area contributed by atoms with E-state index in [4.69, 9.17) is 4.98 Å². The van der Waals surface area contributed by atoms with E-state index in [1.807, 2.05) is 0 Å². The maximum absolute atomic E-state index is 5.29. The van der Waals surface area contributed by atoms with E-state index < -0.39 is 0 Å². The third-order valence-corrected chi connectivity index (χ3v) is 10.4. The van der Waals surface area contributed by atoms with Crippen LogP contribution in [0.3, 0.4) is 0 Å². The maximum atomic E-state index is 5.29. The van der Waals surface area contributed by atoms with Gasteiger partial charge in [0.05, 0.1) is 11.0 Å². The maximum Gasteiger partial charge on any atom is 0.145 e. The van der Waals surface area contributed by atoms with Gasteiger partial charge in [-0.25, -0.2) is 4.98 Å². The van der Waals surface area contributed by atoms with Gasteiger partial charge >= 0.3 is 0 Å². The fraction of sp³-hybridized carbons (Fsp3) is 0. The number of anilines is 3. The average molecular weight is 690 g/mol. The quantitative estimate of drug-likeness (QED) is 0.166. The van der Waals surface area contributed by atoms with Crippen molar-refractivity contribution in [1.29, 1.82) is 0 Å². The zero-order chi connectivity index (χ0) is 35.8. The van der Waals surface area contributed by atoms with Gasteiger partial charge in [-0.05, 0) is 111 Å². The number of fused-ring (bicyclic) bond motifs is 4. The van der Waals surface area contributed by atoms with E-state index in [1.54, 1.807) is 0 Å². The van der Waals surface area contributed by atoms with Crippen LogP contribution in [-0.2, 0) is 0 Å². The molecule has 0 spiro atoms. The van der Waals surface area contributed by atoms with E-state index in [0.717, 1.165) is 45.2 Å². The first-order valence-electron chi connectivity index (χ1n) is 18.4. The molecule has 10 rings (SSSR count). The van der Waals surface area contributed by atoms with Gasteiger partial charge < -0.3 is 4.90 Å². The van der Waals surface area contributed by atoms with Crippen molar-refractivity contribution in [3.05, 3.63) is 212 Å². The van der Waals surface area contributed by atoms with Crippen molar-refractivity contribution in [1.82, 2.24) is 9.55 Å². The van der Waals surface area contributed by atoms with E-state index in [1.165, 1.54) is 43.8 Å². The molecule has 0 saturated carbocycles. The van der Waals surface area contributed by atoms with E-state index >= 15 is 0 Å². The van der Waals surface area contributed by atoms with Crippen LogP contribution in [0.4, 0.5) is 17.1 Å². The monoisotopic (exact) mass is 689 g/mol. The Hall–Kier alpha value is -7.23. The molecule has 0 radical (unpaired) electrons. The Bertz CT molecular complexity index is 2890. The lowest BCUT2D eigenvalue weighted by molar-refractivity contribution is 1.11. The summed E-state index contributed by atoms with van der Waals surface area (Å²) in [7, 11) is 0. The van der Waals surface area contributed by atoms with Gasteiger partial charge in [0.25, 0.3) is 0 Å². The lowest BCUT2D eigenvalue weighted by Crippen LogP contribution is -2.09. The molecule has 3 nitrogen and oxygen atoms in total. The molecular formula is C51H35N3. The summed E-state index contributed by atoms with van der Waals surface area (Å²) in [5, 5.41) is 4.87. The molecule has 1 heterocycles. The predicted molar refractivity (Wildman–Crippen MR) is 227 cm³/mol. The molecule has 0 aliphatic heterocycles. The molecule has 0 bridgehead atoms. The molecule has 0 amide bonds. The lowest BCUT2D eigenvalue weighted by Gasteiger charge is -2.26. The molecule has 254 valence electrons. The highest BCUT2D eigenvalue weighted by molar-refractivity contribution is 6.06. The van der Waals surface area contributed by atoms with Crippen LogP contribution >= 0.6 is 0 Å². The Morgan fingerprint density at radius 2 is 0.852 bits per heavy atom. The summed E-state index contributed by atoms with van der Waals surface area (Å²) in [6.07, 6.45) is 0. The number of aromatic nitrogens is 2. The first-order valence-corrected chi connectivity index (χ1v) is 18.4. The second-order valence-corrected chi connectivity index (χ2v) is 13.7. The Balaban J connectivity index is 1.06. The first kappa shape index (κ1) is 31.5. The van der Waals surface area contributed by atoms with Gasteiger partial charge in [-0.3, -0.25) is 4.57 Å². The van der Waals surface area contributed by atoms with Crippen LogP contribution in [0, 0.1) is 0 Å². The number of para-hydroxylation sites is 1. The smallest absolute Gasteiger partial charge is 0.145 e. The van der Waals surface area contributed by atoms with Gasteiger partial charge in [-0.15, -0.1) is 0 Å². The van der Waals surface area contributed by atoms with E-state index in [0.29, 0.717) is 0 Å². The van der Waals surface area contributed by atoms with Crippen LogP contribution in [0.5, 0.6) is 0 Å². The topological polar surface area (TPSA) is 21.1 Å². The number of benzene rings is 9. The molecule has 3 heteroatoms. The van der Waals surface area contributed by atoms with Crippen molar-refractivity contribution in [3.8, 4) is 39.3 Å². The van der Waals surface area contributed by atoms with Crippen LogP contribution in [0.15, 0.2) is 212 Å². The Morgan fingerprint density at radius 3 is 1.57 bits per heavy atom. The highest BCUT2D eigenvalue weighted by Crippen LogP contribution is 2.39. The summed E-state index contributed by atoms with van der Waals surface area (Å²) in [4.78, 5) is 7.60. The highest BCUT2D eigenvalue weighted by Gasteiger charge is 2.19. The minimum atomic E-state index is 0.909. The molecule has 0 unspecified atom stereocenters. The second kappa shape index (κ2) is 13.4. The molecular weight excluding hydrogens is 655 g/mol. The number of nitrogens with zero attached hydrogens (tertiary/aromatic N) is 3. The predicted octanol–water partition coefficient (Wildman–Crippen LogP) is 13.8. The van der Waals surface area contributed by atoms with Crippen molar-refractivity contribution < 1.29 is 0 Å². The van der Waals surface area contributed by atoms with E-state index in [2.05, 4.69) is 222 Å². The number of imidazole rings is 1. The summed E-state index contributed by atoms with van der Waals surface area (Å²) in [5.41, 5.74) is 12.3. The molecule has 9 aromatic carbocycles. The zero-order valence-corrected chi connectivity index (χ0v) is 29.5. The number of hydrogen-bond acceptors (Lipinski definition) is 2. The molecule has 1 aromatic heterocycles. The summed E-state index contributed by atoms with van der Waals surface area (Å²) < 4.78 is 2.32. The van der Waals surface area contributed by atoms with Gasteiger partial charge in [0.15, 0.2) is 0 Å². The van der Waals surface area contributed by atoms with Crippen molar-refractivity contribution in [2.24, 2.45) is 0 Å². The summed E-state index contributed by atoms with van der Waals surface area (Å²) in [6.45, 7) is 0. The Morgan fingerprint density at radius 1 is 0.352 bits per heavy atom. The third-order valence-electron chi connectivity index (χ3n) is 10.4. The first-order chi connectivity index (χ1) is 26.8. The lowest BCUT2D eigenvalue weighted by atomic mass is 10.0. The fourth-order valence-electron chi connectivity index (χ4n) is 7.67. The van der Waals surface area contributed by atoms with Gasteiger partial charge in [0.2, 0.25) is 0 Å². The van der Waals surface area contributed by atoms with Crippen LogP contribution in [0.2, 0.25) is 0 Å². The normalized spacial score (nSPS) is 11.3. The minimum Gasteiger partial charge on any atom is -0.311 e. The van der Waals surface area contributed by atoms with Crippen LogP contribution in [0.1, 0.15) is 0 Å². The summed E-state index contributed by atoms with van der Waals surface area (Å²) >= 11 is 0. The standard InChI is InChI=1S/C51H35N3/c1-3-11-36(12-4-1)38-21-30-47(31-22-38)54-50-48-18-10-9-14-40(48)27-34-49(50)52-51(54)41-25-32-46(33-26-41)53(44-16-5-2-6-17-44)45-28-23-39(24-29-45)43-20-19-37-13-7-8-15-42(37)35-43/h1-35H. The highest BCUT2D eigenvalue weighted by atomic mass is 15.1. The molecule has 54 heavy (non-hydrogen) atoms. The van der Waals surface area contributed by atoms with Crippen LogP contribution in [-0.4, -0.2) is 9.55 Å². The molecule has 0 atom stereocenters. The van der Waals surface area contributed by atoms with Crippen molar-refractivity contribution in [2.45, 2.75) is 0 Å². The summed E-state index contributed by atoms with van der Waals surface area (Å²) in [5.74, 6) is 0.909. The second-order valence-electron chi connectivity index (χ2n) is 13.7. The zero-order valence-electron chi connectivity index (χ0n) is 29.5. The van der Waals surface area contributed by atoms with Gasteiger partial charge in [-0.1, -0.05) is 140 Å². The van der Waals surface area contributed by atoms with Crippen molar-refractivity contribution in [3.63, 3.8) is 0 Å². The fourth-order valence-corrected chi connectivity index (χ4v) is 7.67. The number of rotatable bonds is 7. The van der Waals surface area contributed by atoms with Crippen molar-refractivity contribution >= 4 is 49.6 Å². The molecule has 0 aliphatic rings. The molecule has 0 fully saturated rings. The number of hydrogen-bond donors (Lipinski definition) is 0. The van der Waals surface area contributed by atoms with Crippen molar-refractivity contribution in [2.75, 3.05) is 4.90 Å². The average Bonchev–Trinajstić information content (AvgIpc) is 3.65. The van der Waals surface area contributed by atoms with E-state index in [9.17, 15) is 0 Å². The van der Waals surface area contributed by atoms with Gasteiger partial charge in [0, 0.05) is 33.7 Å². The third kappa shape index (κ3) is 5.69. The Labute approximate surface area is 314 Å². The molecule has 0 N–H and O–H groups in total. The van der Waals surface area contributed by atoms with Gasteiger partial charge in [-0.2, -0.15) is 0 Å². The van der Waals surface area contributed by atoms with E-state index in [-0.39, 0.29) is 0 Å².